The molecule has 11 rings (SSSR count). The van der Waals surface area contributed by atoms with Crippen molar-refractivity contribution in [3.63, 3.8) is 0 Å². The van der Waals surface area contributed by atoms with Crippen LogP contribution < -0.4 is 4.90 Å². The number of benzene rings is 10. The zero-order valence-electron chi connectivity index (χ0n) is 34.6. The number of aromatic nitrogens is 1. The summed E-state index contributed by atoms with van der Waals surface area (Å²) in [5.41, 5.74) is 16.3. The third-order valence-corrected chi connectivity index (χ3v) is 12.1. The summed E-state index contributed by atoms with van der Waals surface area (Å²) in [6.07, 6.45) is 1.87. The third kappa shape index (κ3) is 7.35. The van der Waals surface area contributed by atoms with Gasteiger partial charge in [0.05, 0.1) is 0 Å². The highest BCUT2D eigenvalue weighted by Gasteiger charge is 2.20. The molecule has 0 aliphatic heterocycles. The van der Waals surface area contributed by atoms with Crippen molar-refractivity contribution < 1.29 is 0 Å². The number of rotatable bonds is 9. The lowest BCUT2D eigenvalue weighted by Crippen LogP contribution is -2.11. The zero-order chi connectivity index (χ0) is 42.0. The second-order valence-corrected chi connectivity index (χ2v) is 15.9. The van der Waals surface area contributed by atoms with E-state index in [1.807, 2.05) is 12.3 Å². The molecule has 0 aliphatic carbocycles. The van der Waals surface area contributed by atoms with E-state index in [0.29, 0.717) is 0 Å². The van der Waals surface area contributed by atoms with Gasteiger partial charge in [-0.2, -0.15) is 0 Å². The Morgan fingerprint density at radius 1 is 0.238 bits per heavy atom. The third-order valence-electron chi connectivity index (χ3n) is 12.1. The van der Waals surface area contributed by atoms with Crippen LogP contribution in [0.4, 0.5) is 17.2 Å². The highest BCUT2D eigenvalue weighted by Crippen LogP contribution is 2.46. The summed E-state index contributed by atoms with van der Waals surface area (Å²) in [6, 6.07) is 89.6. The number of pyridine rings is 1. The van der Waals surface area contributed by atoms with Crippen molar-refractivity contribution in [2.24, 2.45) is 0 Å². The molecule has 0 fully saturated rings. The molecular weight excluding hydrogens is 761 g/mol. The predicted octanol–water partition coefficient (Wildman–Crippen LogP) is 16.9. The number of anilines is 3. The van der Waals surface area contributed by atoms with Gasteiger partial charge >= 0.3 is 0 Å². The molecule has 0 saturated carbocycles. The Labute approximate surface area is 368 Å². The summed E-state index contributed by atoms with van der Waals surface area (Å²) < 4.78 is 0. The van der Waals surface area contributed by atoms with Gasteiger partial charge in [-0.05, 0) is 149 Å². The lowest BCUT2D eigenvalue weighted by atomic mass is 9.84. The predicted molar refractivity (Wildman–Crippen MR) is 267 cm³/mol. The van der Waals surface area contributed by atoms with Crippen molar-refractivity contribution in [3.05, 3.63) is 255 Å². The van der Waals surface area contributed by atoms with E-state index in [2.05, 4.69) is 248 Å². The lowest BCUT2D eigenvalue weighted by Gasteiger charge is -2.26. The Morgan fingerprint density at radius 3 is 0.984 bits per heavy atom. The van der Waals surface area contributed by atoms with Crippen molar-refractivity contribution >= 4 is 38.7 Å². The van der Waals surface area contributed by atoms with Crippen LogP contribution in [0.15, 0.2) is 255 Å². The molecular formula is C61H42N2. The summed E-state index contributed by atoms with van der Waals surface area (Å²) in [4.78, 5) is 7.18. The highest BCUT2D eigenvalue weighted by atomic mass is 15.2. The maximum atomic E-state index is 4.91. The minimum absolute atomic E-state index is 0.849. The number of hydrogen-bond donors (Lipinski definition) is 0. The van der Waals surface area contributed by atoms with E-state index in [1.165, 1.54) is 60.5 Å². The van der Waals surface area contributed by atoms with Crippen molar-refractivity contribution in [2.75, 3.05) is 4.90 Å². The Kier molecular flexibility index (Phi) is 9.93. The Bertz CT molecular complexity index is 3170. The first-order valence-corrected chi connectivity index (χ1v) is 21.5. The van der Waals surface area contributed by atoms with E-state index in [0.717, 1.165) is 45.0 Å². The maximum absolute atomic E-state index is 4.91. The van der Waals surface area contributed by atoms with E-state index in [-0.39, 0.29) is 0 Å². The molecule has 2 nitrogen and oxygen atoms in total. The van der Waals surface area contributed by atoms with Gasteiger partial charge in [0.15, 0.2) is 0 Å². The van der Waals surface area contributed by atoms with Gasteiger partial charge in [0.1, 0.15) is 5.82 Å². The fourth-order valence-electron chi connectivity index (χ4n) is 9.13. The van der Waals surface area contributed by atoms with Crippen LogP contribution in [-0.2, 0) is 0 Å². The Morgan fingerprint density at radius 2 is 0.587 bits per heavy atom. The van der Waals surface area contributed by atoms with Crippen LogP contribution in [0.1, 0.15) is 0 Å². The van der Waals surface area contributed by atoms with E-state index < -0.39 is 0 Å². The molecule has 0 unspecified atom stereocenters. The highest BCUT2D eigenvalue weighted by molar-refractivity contribution is 6.21. The van der Waals surface area contributed by atoms with Gasteiger partial charge in [0.2, 0.25) is 0 Å². The van der Waals surface area contributed by atoms with Crippen molar-refractivity contribution in [2.45, 2.75) is 0 Å². The summed E-state index contributed by atoms with van der Waals surface area (Å²) in [7, 11) is 0. The Hall–Kier alpha value is -8.33. The fourth-order valence-corrected chi connectivity index (χ4v) is 9.13. The molecule has 0 amide bonds. The van der Waals surface area contributed by atoms with Crippen LogP contribution in [0.2, 0.25) is 0 Å². The van der Waals surface area contributed by atoms with E-state index in [9.17, 15) is 0 Å². The van der Waals surface area contributed by atoms with Crippen LogP contribution in [-0.4, -0.2) is 4.98 Å². The van der Waals surface area contributed by atoms with Crippen LogP contribution in [0.25, 0.3) is 88.3 Å². The van der Waals surface area contributed by atoms with Gasteiger partial charge in [0, 0.05) is 17.6 Å². The first-order chi connectivity index (χ1) is 31.2. The van der Waals surface area contributed by atoms with Gasteiger partial charge in [-0.3, -0.25) is 4.90 Å². The molecule has 0 atom stereocenters. The van der Waals surface area contributed by atoms with Gasteiger partial charge in [-0.25, -0.2) is 4.98 Å². The monoisotopic (exact) mass is 802 g/mol. The number of fused-ring (bicyclic) bond motifs is 2. The largest absolute Gasteiger partial charge is 0.295 e. The summed E-state index contributed by atoms with van der Waals surface area (Å²) in [5.74, 6) is 0.849. The molecule has 0 N–H and O–H groups in total. The standard InChI is InChI=1S/C61H42N2/c1-5-19-43(20-6-1)48-37-49(44-21-7-2-8-22-44)40-52(39-48)61-57-29-15-13-27-55(57)60(56-28-14-16-30-58(56)61)47-32-34-53(35-33-47)63(59-31-17-18-36-62-59)54-41-50(45-23-9-3-10-24-45)38-51(42-54)46-25-11-4-12-26-46/h1-42H. The van der Waals surface area contributed by atoms with Crippen LogP contribution in [0.3, 0.4) is 0 Å². The van der Waals surface area contributed by atoms with Crippen molar-refractivity contribution in [1.82, 2.24) is 4.98 Å². The molecule has 296 valence electrons. The van der Waals surface area contributed by atoms with Crippen LogP contribution in [0, 0.1) is 0 Å². The summed E-state index contributed by atoms with van der Waals surface area (Å²) in [6.45, 7) is 0. The normalized spacial score (nSPS) is 11.2. The number of nitrogens with zero attached hydrogens (tertiary/aromatic N) is 2. The minimum Gasteiger partial charge on any atom is -0.295 e. The van der Waals surface area contributed by atoms with Crippen molar-refractivity contribution in [1.29, 1.82) is 0 Å². The van der Waals surface area contributed by atoms with Crippen LogP contribution >= 0.6 is 0 Å². The van der Waals surface area contributed by atoms with E-state index >= 15 is 0 Å². The van der Waals surface area contributed by atoms with Crippen molar-refractivity contribution in [3.8, 4) is 66.8 Å². The van der Waals surface area contributed by atoms with Gasteiger partial charge < -0.3 is 0 Å². The van der Waals surface area contributed by atoms with E-state index in [4.69, 9.17) is 4.98 Å². The summed E-state index contributed by atoms with van der Waals surface area (Å²) >= 11 is 0. The molecule has 0 spiro atoms. The molecule has 63 heavy (non-hydrogen) atoms. The van der Waals surface area contributed by atoms with Gasteiger partial charge in [-0.1, -0.05) is 188 Å². The zero-order valence-corrected chi connectivity index (χ0v) is 34.6. The molecule has 10 aromatic carbocycles. The molecule has 0 saturated heterocycles. The van der Waals surface area contributed by atoms with Gasteiger partial charge in [0.25, 0.3) is 0 Å². The quantitative estimate of drug-likeness (QED) is 0.135. The smallest absolute Gasteiger partial charge is 0.137 e. The second kappa shape index (κ2) is 16.6. The molecule has 1 heterocycles. The Balaban J connectivity index is 1.08. The first kappa shape index (κ1) is 37.7. The van der Waals surface area contributed by atoms with E-state index in [1.54, 1.807) is 0 Å². The molecule has 1 aromatic heterocycles. The topological polar surface area (TPSA) is 16.1 Å². The molecule has 2 heteroatoms. The minimum atomic E-state index is 0.849. The van der Waals surface area contributed by atoms with Gasteiger partial charge in [-0.15, -0.1) is 0 Å². The molecule has 0 aliphatic rings. The average Bonchev–Trinajstić information content (AvgIpc) is 3.37. The van der Waals surface area contributed by atoms with Crippen LogP contribution in [0.5, 0.6) is 0 Å². The average molecular weight is 803 g/mol. The lowest BCUT2D eigenvalue weighted by molar-refractivity contribution is 1.18. The first-order valence-electron chi connectivity index (χ1n) is 21.5. The summed E-state index contributed by atoms with van der Waals surface area (Å²) in [5, 5.41) is 4.88. The molecule has 11 aromatic rings. The molecule has 0 radical (unpaired) electrons. The number of hydrogen-bond acceptors (Lipinski definition) is 2. The maximum Gasteiger partial charge on any atom is 0.137 e. The SMILES string of the molecule is c1ccc(-c2cc(-c3ccccc3)cc(-c3c4ccccc4c(-c4ccc(N(c5cc(-c6ccccc6)cc(-c6ccccc6)c5)c5ccccn5)cc4)c4ccccc34)c2)cc1. The molecule has 0 bridgehead atoms. The fraction of sp³-hybridized carbons (Fsp3) is 0. The second-order valence-electron chi connectivity index (χ2n) is 15.9.